The molecule has 1 N–H and O–H groups in total. The maximum Gasteiger partial charge on any atom is 0.414 e. The monoisotopic (exact) mass is 375 g/mol. The van der Waals surface area contributed by atoms with E-state index in [2.05, 4.69) is 5.32 Å². The highest BCUT2D eigenvalue weighted by molar-refractivity contribution is 5.89. The molecule has 2 saturated heterocycles. The van der Waals surface area contributed by atoms with Gasteiger partial charge >= 0.3 is 12.2 Å². The molecule has 2 heterocycles. The van der Waals surface area contributed by atoms with Gasteiger partial charge in [-0.15, -0.1) is 0 Å². The van der Waals surface area contributed by atoms with Crippen LogP contribution >= 0.6 is 0 Å². The number of hydrogen-bond acceptors (Lipinski definition) is 5. The summed E-state index contributed by atoms with van der Waals surface area (Å²) < 4.78 is 10.5. The van der Waals surface area contributed by atoms with Crippen molar-refractivity contribution in [3.63, 3.8) is 0 Å². The van der Waals surface area contributed by atoms with Crippen LogP contribution in [0.3, 0.4) is 0 Å². The van der Waals surface area contributed by atoms with Gasteiger partial charge in [0.15, 0.2) is 0 Å². The van der Waals surface area contributed by atoms with Crippen molar-refractivity contribution in [3.05, 3.63) is 24.3 Å². The molecule has 1 atom stereocenters. The van der Waals surface area contributed by atoms with E-state index in [1.165, 1.54) is 0 Å². The molecule has 0 saturated carbocycles. The number of rotatable bonds is 4. The number of nitrogens with zero attached hydrogens (tertiary/aromatic N) is 2. The van der Waals surface area contributed by atoms with E-state index in [0.29, 0.717) is 25.6 Å². The first-order valence-corrected chi connectivity index (χ1v) is 9.58. The molecule has 2 amide bonds. The summed E-state index contributed by atoms with van der Waals surface area (Å²) in [6, 6.07) is 7.78. The Labute approximate surface area is 160 Å². The number of nitrogens with one attached hydrogen (secondary N) is 1. The highest BCUT2D eigenvalue weighted by atomic mass is 16.6. The summed E-state index contributed by atoms with van der Waals surface area (Å²) in [5.41, 5.74) is 1.32. The molecule has 0 radical (unpaired) electrons. The van der Waals surface area contributed by atoms with E-state index in [0.717, 1.165) is 37.3 Å². The van der Waals surface area contributed by atoms with Crippen LogP contribution in [0.5, 0.6) is 0 Å². The first-order chi connectivity index (χ1) is 12.8. The number of cyclic esters (lactones) is 1. The number of ether oxygens (including phenoxy) is 2. The largest absolute Gasteiger partial charge is 0.447 e. The van der Waals surface area contributed by atoms with Gasteiger partial charge in [0.05, 0.1) is 6.54 Å². The van der Waals surface area contributed by atoms with Crippen molar-refractivity contribution in [1.82, 2.24) is 4.90 Å². The van der Waals surface area contributed by atoms with Crippen molar-refractivity contribution >= 4 is 23.6 Å². The van der Waals surface area contributed by atoms with Gasteiger partial charge in [0.1, 0.15) is 12.2 Å². The van der Waals surface area contributed by atoms with Gasteiger partial charge in [0.2, 0.25) is 0 Å². The third kappa shape index (κ3) is 5.28. The fraction of sp³-hybridized carbons (Fsp3) is 0.600. The zero-order valence-corrected chi connectivity index (χ0v) is 16.4. The lowest BCUT2D eigenvalue weighted by Gasteiger charge is -2.34. The smallest absolute Gasteiger partial charge is 0.414 e. The molecular formula is C20H29N3O4. The molecule has 1 aromatic rings. The van der Waals surface area contributed by atoms with Crippen molar-refractivity contribution < 1.29 is 19.1 Å². The fourth-order valence-corrected chi connectivity index (χ4v) is 3.40. The molecule has 1 aromatic carbocycles. The topological polar surface area (TPSA) is 71.1 Å². The van der Waals surface area contributed by atoms with Crippen LogP contribution in [0.2, 0.25) is 0 Å². The molecule has 0 aromatic heterocycles. The number of piperidine rings is 1. The van der Waals surface area contributed by atoms with E-state index < -0.39 is 5.60 Å². The number of anilines is 2. The van der Waals surface area contributed by atoms with Crippen molar-refractivity contribution in [1.29, 1.82) is 0 Å². The molecule has 3 rings (SSSR count). The molecule has 2 aliphatic rings. The van der Waals surface area contributed by atoms with Gasteiger partial charge in [0.25, 0.3) is 0 Å². The van der Waals surface area contributed by atoms with Crippen LogP contribution in [-0.4, -0.2) is 55.5 Å². The van der Waals surface area contributed by atoms with Crippen LogP contribution in [-0.2, 0) is 9.47 Å². The Kier molecular flexibility index (Phi) is 5.77. The maximum atomic E-state index is 12.3. The van der Waals surface area contributed by atoms with E-state index >= 15 is 0 Å². The van der Waals surface area contributed by atoms with Crippen LogP contribution < -0.4 is 10.2 Å². The molecule has 148 valence electrons. The van der Waals surface area contributed by atoms with Gasteiger partial charge < -0.3 is 19.7 Å². The maximum absolute atomic E-state index is 12.3. The molecule has 0 bridgehead atoms. The van der Waals surface area contributed by atoms with Gasteiger partial charge in [-0.2, -0.15) is 0 Å². The highest BCUT2D eigenvalue weighted by Gasteiger charge is 2.28. The van der Waals surface area contributed by atoms with E-state index in [9.17, 15) is 9.59 Å². The number of benzene rings is 1. The summed E-state index contributed by atoms with van der Waals surface area (Å²) in [5, 5.41) is 3.44. The number of carbonyl (C=O) groups excluding carboxylic acids is 2. The van der Waals surface area contributed by atoms with Gasteiger partial charge in [-0.1, -0.05) is 6.07 Å². The third-order valence-electron chi connectivity index (χ3n) is 4.68. The fourth-order valence-electron chi connectivity index (χ4n) is 3.40. The lowest BCUT2D eigenvalue weighted by atomic mass is 9.98. The Hall–Kier alpha value is -2.44. The summed E-state index contributed by atoms with van der Waals surface area (Å²) in [4.78, 5) is 27.5. The SMILES string of the molecule is CC(C)(C)OC(=O)N1CCC[C@@H](CNc2cccc(N3CCOC3=O)c2)C1. The molecule has 0 unspecified atom stereocenters. The van der Waals surface area contributed by atoms with Crippen LogP contribution in [0.25, 0.3) is 0 Å². The summed E-state index contributed by atoms with van der Waals surface area (Å²) in [6.45, 7) is 8.88. The molecule has 27 heavy (non-hydrogen) atoms. The standard InChI is InChI=1S/C20H29N3O4/c1-20(2,3)27-18(24)22-9-5-6-15(14-22)13-21-16-7-4-8-17(12-16)23-10-11-26-19(23)25/h4,7-8,12,15,21H,5-6,9-11,13-14H2,1-3H3/t15-/m0/s1. The average molecular weight is 375 g/mol. The molecule has 7 heteroatoms. The van der Waals surface area contributed by atoms with Gasteiger partial charge in [0, 0.05) is 31.0 Å². The minimum absolute atomic E-state index is 0.234. The Balaban J connectivity index is 1.54. The van der Waals surface area contributed by atoms with Crippen LogP contribution in [0.1, 0.15) is 33.6 Å². The van der Waals surface area contributed by atoms with Crippen LogP contribution in [0.15, 0.2) is 24.3 Å². The molecular weight excluding hydrogens is 346 g/mol. The van der Waals surface area contributed by atoms with Crippen LogP contribution in [0.4, 0.5) is 21.0 Å². The second-order valence-electron chi connectivity index (χ2n) is 8.13. The van der Waals surface area contributed by atoms with Gasteiger partial charge in [-0.25, -0.2) is 9.59 Å². The lowest BCUT2D eigenvalue weighted by Crippen LogP contribution is -2.44. The second-order valence-corrected chi connectivity index (χ2v) is 8.13. The van der Waals surface area contributed by atoms with Gasteiger partial charge in [-0.3, -0.25) is 4.90 Å². The number of amides is 2. The Morgan fingerprint density at radius 2 is 2.15 bits per heavy atom. The summed E-state index contributed by atoms with van der Waals surface area (Å²) in [7, 11) is 0. The van der Waals surface area contributed by atoms with Crippen molar-refractivity contribution in [2.75, 3.05) is 43.0 Å². The number of hydrogen-bond donors (Lipinski definition) is 1. The quantitative estimate of drug-likeness (QED) is 0.869. The first kappa shape index (κ1) is 19.3. The normalized spacial score (nSPS) is 20.4. The zero-order chi connectivity index (χ0) is 19.4. The van der Waals surface area contributed by atoms with Gasteiger partial charge in [-0.05, 0) is 57.7 Å². The molecule has 0 aliphatic carbocycles. The van der Waals surface area contributed by atoms with Crippen molar-refractivity contribution in [2.24, 2.45) is 5.92 Å². The first-order valence-electron chi connectivity index (χ1n) is 9.58. The zero-order valence-electron chi connectivity index (χ0n) is 16.4. The molecule has 0 spiro atoms. The highest BCUT2D eigenvalue weighted by Crippen LogP contribution is 2.24. The average Bonchev–Trinajstić information content (AvgIpc) is 3.05. The summed E-state index contributed by atoms with van der Waals surface area (Å²) in [6.07, 6.45) is 1.52. The third-order valence-corrected chi connectivity index (χ3v) is 4.68. The van der Waals surface area contributed by atoms with E-state index in [1.807, 2.05) is 45.0 Å². The molecule has 7 nitrogen and oxygen atoms in total. The molecule has 2 aliphatic heterocycles. The minimum Gasteiger partial charge on any atom is -0.447 e. The van der Waals surface area contributed by atoms with Crippen molar-refractivity contribution in [2.45, 2.75) is 39.2 Å². The Morgan fingerprint density at radius 1 is 1.33 bits per heavy atom. The lowest BCUT2D eigenvalue weighted by molar-refractivity contribution is 0.0172. The summed E-state index contributed by atoms with van der Waals surface area (Å²) >= 11 is 0. The van der Waals surface area contributed by atoms with E-state index in [1.54, 1.807) is 9.80 Å². The van der Waals surface area contributed by atoms with E-state index in [4.69, 9.17) is 9.47 Å². The van der Waals surface area contributed by atoms with E-state index in [-0.39, 0.29) is 12.2 Å². The van der Waals surface area contributed by atoms with Crippen molar-refractivity contribution in [3.8, 4) is 0 Å². The summed E-state index contributed by atoms with van der Waals surface area (Å²) in [5.74, 6) is 0.367. The number of carbonyl (C=O) groups is 2. The number of likely N-dealkylation sites (tertiary alicyclic amines) is 1. The predicted octanol–water partition coefficient (Wildman–Crippen LogP) is 3.70. The minimum atomic E-state index is -0.473. The Morgan fingerprint density at radius 3 is 2.85 bits per heavy atom. The van der Waals surface area contributed by atoms with Crippen LogP contribution in [0, 0.1) is 5.92 Å². The second kappa shape index (κ2) is 8.06. The molecule has 2 fully saturated rings. The predicted molar refractivity (Wildman–Crippen MR) is 104 cm³/mol. The Bertz CT molecular complexity index is 686.